The quantitative estimate of drug-likeness (QED) is 0.0641. The van der Waals surface area contributed by atoms with Crippen molar-refractivity contribution >= 4 is 41.4 Å². The van der Waals surface area contributed by atoms with E-state index in [-0.39, 0.29) is 30.9 Å². The number of carbonyl (C=O) groups is 7. The maximum Gasteiger partial charge on any atom is 0.245 e. The van der Waals surface area contributed by atoms with Crippen LogP contribution in [0.4, 0.5) is 0 Å². The van der Waals surface area contributed by atoms with Crippen LogP contribution < -0.4 is 37.2 Å². The van der Waals surface area contributed by atoms with Crippen molar-refractivity contribution in [3.63, 3.8) is 0 Å². The summed E-state index contributed by atoms with van der Waals surface area (Å²) in [5.74, 6) is -3.91. The number of hydrogen-bond acceptors (Lipinski definition) is 8. The Kier molecular flexibility index (Phi) is 22.7. The number of amides is 7. The van der Waals surface area contributed by atoms with Crippen molar-refractivity contribution in [1.82, 2.24) is 37.2 Å². The molecule has 0 aliphatic heterocycles. The molecule has 52 heavy (non-hydrogen) atoms. The highest BCUT2D eigenvalue weighted by atomic mass is 16.3. The van der Waals surface area contributed by atoms with Crippen LogP contribution in [0, 0.1) is 17.8 Å². The minimum absolute atomic E-state index is 0.0591. The lowest BCUT2D eigenvalue weighted by Gasteiger charge is -2.31. The van der Waals surface area contributed by atoms with Crippen LogP contribution in [0.2, 0.25) is 0 Å². The second-order valence-corrected chi connectivity index (χ2v) is 15.5. The summed E-state index contributed by atoms with van der Waals surface area (Å²) in [4.78, 5) is 90.2. The molecule has 0 unspecified atom stereocenters. The van der Waals surface area contributed by atoms with Gasteiger partial charge in [-0.05, 0) is 64.7 Å². The molecule has 0 aliphatic carbocycles. The average molecular weight is 740 g/mol. The fourth-order valence-electron chi connectivity index (χ4n) is 5.26. The molecule has 0 saturated heterocycles. The maximum atomic E-state index is 13.3. The number of unbranched alkanes of at least 4 members (excludes halogenated alkanes) is 4. The summed E-state index contributed by atoms with van der Waals surface area (Å²) in [7, 11) is 0. The first kappa shape index (κ1) is 48.2. The van der Waals surface area contributed by atoms with Gasteiger partial charge in [0.05, 0.1) is 19.2 Å². The Labute approximate surface area is 311 Å². The molecule has 0 aromatic rings. The summed E-state index contributed by atoms with van der Waals surface area (Å²) < 4.78 is 0. The minimum Gasteiger partial charge on any atom is -0.394 e. The van der Waals surface area contributed by atoms with Gasteiger partial charge in [-0.2, -0.15) is 0 Å². The van der Waals surface area contributed by atoms with Crippen LogP contribution in [0.1, 0.15) is 128 Å². The molecule has 0 heterocycles. The van der Waals surface area contributed by atoms with Crippen molar-refractivity contribution in [2.45, 2.75) is 163 Å². The molecule has 0 bridgehead atoms. The first-order valence-electron chi connectivity index (χ1n) is 18.9. The Bertz CT molecular complexity index is 1170. The van der Waals surface area contributed by atoms with Crippen LogP contribution in [-0.2, 0) is 33.6 Å². The number of aliphatic hydroxyl groups excluding tert-OH is 1. The molecule has 0 radical (unpaired) electrons. The third kappa shape index (κ3) is 19.7. The summed E-state index contributed by atoms with van der Waals surface area (Å²) in [5, 5.41) is 28.1. The molecule has 8 N–H and O–H groups in total. The van der Waals surface area contributed by atoms with Gasteiger partial charge in [0, 0.05) is 6.42 Å². The van der Waals surface area contributed by atoms with E-state index in [4.69, 9.17) is 0 Å². The predicted octanol–water partition coefficient (Wildman–Crippen LogP) is 1.56. The standard InChI is InChI=1S/C37H69N7O8/c1-12-13-14-15-16-17-29(46)38-20-30(47)39-25(8)33(49)43-31(24(6)7)35(51)44-37(10,11)36(52)40-26(9)32(48)42-28(19-23(4)5)34(50)41-27(21-45)18-22(2)3/h22-28,31,45H,12-21H2,1-11H3,(H,38,46)(H,39,47)(H,40,52)(H,41,50)(H,42,48)(H,43,49)(H,44,51)/t25-,26-,27-,28-,31-/m0/s1. The van der Waals surface area contributed by atoms with Gasteiger partial charge in [-0.1, -0.05) is 74.1 Å². The summed E-state index contributed by atoms with van der Waals surface area (Å²) in [6, 6.07) is -4.52. The van der Waals surface area contributed by atoms with Gasteiger partial charge < -0.3 is 42.3 Å². The van der Waals surface area contributed by atoms with E-state index in [9.17, 15) is 38.7 Å². The Morgan fingerprint density at radius 3 is 1.71 bits per heavy atom. The van der Waals surface area contributed by atoms with E-state index in [0.29, 0.717) is 19.3 Å². The van der Waals surface area contributed by atoms with Gasteiger partial charge in [0.15, 0.2) is 0 Å². The van der Waals surface area contributed by atoms with E-state index >= 15 is 0 Å². The number of rotatable bonds is 25. The third-order valence-corrected chi connectivity index (χ3v) is 8.38. The second-order valence-electron chi connectivity index (χ2n) is 15.5. The molecule has 0 aliphatic rings. The lowest BCUT2D eigenvalue weighted by Crippen LogP contribution is -2.63. The second kappa shape index (κ2) is 24.5. The minimum atomic E-state index is -1.52. The Morgan fingerprint density at radius 2 is 1.17 bits per heavy atom. The van der Waals surface area contributed by atoms with Crippen molar-refractivity contribution in [1.29, 1.82) is 0 Å². The summed E-state index contributed by atoms with van der Waals surface area (Å²) in [5.41, 5.74) is -1.52. The van der Waals surface area contributed by atoms with E-state index in [0.717, 1.165) is 32.1 Å². The predicted molar refractivity (Wildman–Crippen MR) is 200 cm³/mol. The van der Waals surface area contributed by atoms with Crippen LogP contribution in [0.15, 0.2) is 0 Å². The van der Waals surface area contributed by atoms with Gasteiger partial charge >= 0.3 is 0 Å². The van der Waals surface area contributed by atoms with E-state index in [1.54, 1.807) is 13.8 Å². The fourth-order valence-corrected chi connectivity index (χ4v) is 5.26. The van der Waals surface area contributed by atoms with Gasteiger partial charge in [0.25, 0.3) is 0 Å². The molecule has 0 saturated carbocycles. The Morgan fingerprint density at radius 1 is 0.615 bits per heavy atom. The smallest absolute Gasteiger partial charge is 0.245 e. The molecular formula is C37H69N7O8. The fraction of sp³-hybridized carbons (Fsp3) is 0.811. The third-order valence-electron chi connectivity index (χ3n) is 8.38. The summed E-state index contributed by atoms with van der Waals surface area (Å²) in [6.07, 6.45) is 6.18. The highest BCUT2D eigenvalue weighted by Crippen LogP contribution is 2.11. The molecule has 7 amide bonds. The first-order valence-corrected chi connectivity index (χ1v) is 18.9. The van der Waals surface area contributed by atoms with Gasteiger partial charge in [0.2, 0.25) is 41.4 Å². The Hall–Kier alpha value is -3.75. The van der Waals surface area contributed by atoms with Crippen molar-refractivity contribution in [3.05, 3.63) is 0 Å². The van der Waals surface area contributed by atoms with Crippen molar-refractivity contribution in [3.8, 4) is 0 Å². The molecule has 0 fully saturated rings. The van der Waals surface area contributed by atoms with Crippen LogP contribution in [0.5, 0.6) is 0 Å². The molecule has 0 rings (SSSR count). The zero-order valence-corrected chi connectivity index (χ0v) is 33.5. The number of carbonyl (C=O) groups excluding carboxylic acids is 7. The lowest BCUT2D eigenvalue weighted by atomic mass is 9.98. The number of nitrogens with one attached hydrogen (secondary N) is 7. The molecule has 0 aromatic heterocycles. The molecule has 0 aromatic carbocycles. The molecule has 0 spiro atoms. The molecular weight excluding hydrogens is 670 g/mol. The van der Waals surface area contributed by atoms with E-state index in [2.05, 4.69) is 44.1 Å². The summed E-state index contributed by atoms with van der Waals surface area (Å²) >= 11 is 0. The van der Waals surface area contributed by atoms with Crippen molar-refractivity contribution < 1.29 is 38.7 Å². The van der Waals surface area contributed by atoms with Crippen molar-refractivity contribution in [2.75, 3.05) is 13.2 Å². The maximum absolute atomic E-state index is 13.3. The topological polar surface area (TPSA) is 224 Å². The lowest BCUT2D eigenvalue weighted by molar-refractivity contribution is -0.137. The zero-order chi connectivity index (χ0) is 40.2. The van der Waals surface area contributed by atoms with Gasteiger partial charge in [-0.3, -0.25) is 33.6 Å². The Balaban J connectivity index is 5.24. The van der Waals surface area contributed by atoms with Crippen LogP contribution in [0.25, 0.3) is 0 Å². The van der Waals surface area contributed by atoms with E-state index in [1.165, 1.54) is 27.7 Å². The highest BCUT2D eigenvalue weighted by molar-refractivity contribution is 5.98. The molecule has 15 nitrogen and oxygen atoms in total. The van der Waals surface area contributed by atoms with Crippen LogP contribution in [-0.4, -0.2) is 95.4 Å². The van der Waals surface area contributed by atoms with E-state index in [1.807, 2.05) is 27.7 Å². The SMILES string of the molecule is CCCCCCCC(=O)NCC(=O)N[C@@H](C)C(=O)N[C@H](C(=O)NC(C)(C)C(=O)N[C@@H](C)C(=O)N[C@@H](CC(C)C)C(=O)N[C@H](CO)CC(C)C)C(C)C. The van der Waals surface area contributed by atoms with Gasteiger partial charge in [-0.15, -0.1) is 0 Å². The van der Waals surface area contributed by atoms with Crippen LogP contribution in [0.3, 0.4) is 0 Å². The number of hydrogen-bond donors (Lipinski definition) is 8. The van der Waals surface area contributed by atoms with Gasteiger partial charge in [-0.25, -0.2) is 0 Å². The molecule has 15 heteroatoms. The van der Waals surface area contributed by atoms with E-state index < -0.39 is 77.1 Å². The van der Waals surface area contributed by atoms with Gasteiger partial charge in [0.1, 0.15) is 29.7 Å². The van der Waals surface area contributed by atoms with Crippen molar-refractivity contribution in [2.24, 2.45) is 17.8 Å². The molecule has 5 atom stereocenters. The number of aliphatic hydroxyl groups is 1. The average Bonchev–Trinajstić information content (AvgIpc) is 3.04. The zero-order valence-electron chi connectivity index (χ0n) is 33.5. The normalized spacial score (nSPS) is 14.4. The monoisotopic (exact) mass is 740 g/mol. The van der Waals surface area contributed by atoms with Crippen LogP contribution >= 0.6 is 0 Å². The first-order chi connectivity index (χ1) is 24.1. The molecule has 300 valence electrons. The largest absolute Gasteiger partial charge is 0.394 e. The summed E-state index contributed by atoms with van der Waals surface area (Å²) in [6.45, 7) is 18.6. The highest BCUT2D eigenvalue weighted by Gasteiger charge is 2.36.